The van der Waals surface area contributed by atoms with Crippen molar-refractivity contribution in [1.82, 2.24) is 19.5 Å². The van der Waals surface area contributed by atoms with Gasteiger partial charge in [0.15, 0.2) is 17.6 Å². The molecule has 96 valence electrons. The lowest BCUT2D eigenvalue weighted by Crippen LogP contribution is -2.27. The van der Waals surface area contributed by atoms with Gasteiger partial charge in [-0.1, -0.05) is 0 Å². The summed E-state index contributed by atoms with van der Waals surface area (Å²) < 4.78 is 6.23. The van der Waals surface area contributed by atoms with E-state index in [0.29, 0.717) is 11.2 Å². The largest absolute Gasteiger partial charge is 0.464 e. The normalized spacial score (nSPS) is 12.6. The fourth-order valence-electron chi connectivity index (χ4n) is 1.53. The summed E-state index contributed by atoms with van der Waals surface area (Å²) in [5.74, 6) is -0.425. The molecule has 0 radical (unpaired) electrons. The SMILES string of the molecule is CCOC(=O)[C@@H](O)Cn1cnc2c(N)ncnc21. The van der Waals surface area contributed by atoms with Crippen molar-refractivity contribution >= 4 is 23.0 Å². The van der Waals surface area contributed by atoms with Gasteiger partial charge in [0.25, 0.3) is 0 Å². The predicted octanol–water partition coefficient (Wildman–Crippen LogP) is -0.668. The quantitative estimate of drug-likeness (QED) is 0.692. The molecule has 0 aromatic carbocycles. The van der Waals surface area contributed by atoms with Gasteiger partial charge >= 0.3 is 5.97 Å². The third-order valence-electron chi connectivity index (χ3n) is 2.36. The Hall–Kier alpha value is -2.22. The van der Waals surface area contributed by atoms with E-state index in [-0.39, 0.29) is 19.0 Å². The molecular formula is C10H13N5O3. The highest BCUT2D eigenvalue weighted by Crippen LogP contribution is 2.14. The molecule has 18 heavy (non-hydrogen) atoms. The first kappa shape index (κ1) is 12.2. The number of hydrogen-bond donors (Lipinski definition) is 2. The van der Waals surface area contributed by atoms with E-state index in [1.807, 2.05) is 0 Å². The predicted molar refractivity (Wildman–Crippen MR) is 62.4 cm³/mol. The maximum absolute atomic E-state index is 11.3. The number of esters is 1. The van der Waals surface area contributed by atoms with Crippen molar-refractivity contribution in [2.45, 2.75) is 19.6 Å². The van der Waals surface area contributed by atoms with Gasteiger partial charge in [0, 0.05) is 0 Å². The maximum Gasteiger partial charge on any atom is 0.336 e. The lowest BCUT2D eigenvalue weighted by Gasteiger charge is -2.10. The first-order valence-corrected chi connectivity index (χ1v) is 5.39. The minimum absolute atomic E-state index is 0.00574. The molecule has 3 N–H and O–H groups in total. The van der Waals surface area contributed by atoms with Crippen molar-refractivity contribution in [3.05, 3.63) is 12.7 Å². The molecule has 2 rings (SSSR count). The number of fused-ring (bicyclic) bond motifs is 1. The zero-order valence-electron chi connectivity index (χ0n) is 9.78. The molecule has 2 aromatic heterocycles. The minimum atomic E-state index is -1.27. The summed E-state index contributed by atoms with van der Waals surface area (Å²) in [6.07, 6.45) is 1.48. The van der Waals surface area contributed by atoms with Crippen LogP contribution in [0, 0.1) is 0 Å². The van der Waals surface area contributed by atoms with Gasteiger partial charge in [0.05, 0.1) is 19.5 Å². The van der Waals surface area contributed by atoms with E-state index in [1.165, 1.54) is 17.2 Å². The Kier molecular flexibility index (Phi) is 3.38. The summed E-state index contributed by atoms with van der Waals surface area (Å²) in [6, 6.07) is 0. The number of carbonyl (C=O) groups is 1. The lowest BCUT2D eigenvalue weighted by atomic mass is 10.3. The van der Waals surface area contributed by atoms with Gasteiger partial charge in [0.2, 0.25) is 0 Å². The second-order valence-electron chi connectivity index (χ2n) is 3.60. The molecule has 0 amide bonds. The van der Waals surface area contributed by atoms with Crippen LogP contribution in [0.15, 0.2) is 12.7 Å². The maximum atomic E-state index is 11.3. The molecule has 0 unspecified atom stereocenters. The smallest absolute Gasteiger partial charge is 0.336 e. The number of nitrogens with two attached hydrogens (primary N) is 1. The highest BCUT2D eigenvalue weighted by molar-refractivity contribution is 5.81. The summed E-state index contributed by atoms with van der Waals surface area (Å²) in [5.41, 5.74) is 6.53. The van der Waals surface area contributed by atoms with Gasteiger partial charge in [-0.2, -0.15) is 0 Å². The molecular weight excluding hydrogens is 238 g/mol. The number of aromatic nitrogens is 4. The van der Waals surface area contributed by atoms with Crippen molar-refractivity contribution < 1.29 is 14.6 Å². The van der Waals surface area contributed by atoms with E-state index in [0.717, 1.165) is 0 Å². The summed E-state index contributed by atoms with van der Waals surface area (Å²) in [4.78, 5) is 23.1. The number of nitrogen functional groups attached to an aromatic ring is 1. The van der Waals surface area contributed by atoms with Gasteiger partial charge in [0.1, 0.15) is 11.8 Å². The van der Waals surface area contributed by atoms with Crippen LogP contribution in [0.1, 0.15) is 6.92 Å². The number of aliphatic hydroxyl groups excluding tert-OH is 1. The topological polar surface area (TPSA) is 116 Å². The van der Waals surface area contributed by atoms with Crippen molar-refractivity contribution in [2.24, 2.45) is 0 Å². The Balaban J connectivity index is 2.22. The average molecular weight is 251 g/mol. The van der Waals surface area contributed by atoms with Crippen molar-refractivity contribution in [1.29, 1.82) is 0 Å². The first-order chi connectivity index (χ1) is 8.63. The number of hydrogen-bond acceptors (Lipinski definition) is 7. The van der Waals surface area contributed by atoms with Crippen LogP contribution in [0.2, 0.25) is 0 Å². The molecule has 0 fully saturated rings. The van der Waals surface area contributed by atoms with Crippen LogP contribution in [0.25, 0.3) is 11.2 Å². The Labute approximate surface area is 102 Å². The lowest BCUT2D eigenvalue weighted by molar-refractivity contribution is -0.153. The molecule has 0 aliphatic rings. The summed E-state index contributed by atoms with van der Waals surface area (Å²) >= 11 is 0. The number of anilines is 1. The summed E-state index contributed by atoms with van der Waals surface area (Å²) in [5, 5.41) is 9.65. The standard InChI is InChI=1S/C10H13N5O3/c1-2-18-10(17)6(16)3-15-5-14-7-8(11)12-4-13-9(7)15/h4-6,16H,2-3H2,1H3,(H2,11,12,13)/t6-/m0/s1. The Morgan fingerprint density at radius 2 is 2.33 bits per heavy atom. The second-order valence-corrected chi connectivity index (χ2v) is 3.60. The molecule has 0 aliphatic carbocycles. The average Bonchev–Trinajstić information content (AvgIpc) is 2.74. The molecule has 0 saturated carbocycles. The third kappa shape index (κ3) is 2.23. The van der Waals surface area contributed by atoms with Gasteiger partial charge < -0.3 is 20.1 Å². The number of rotatable bonds is 4. The van der Waals surface area contributed by atoms with Crippen LogP contribution in [0.3, 0.4) is 0 Å². The van der Waals surface area contributed by atoms with Gasteiger partial charge in [-0.25, -0.2) is 19.7 Å². The summed E-state index contributed by atoms with van der Waals surface area (Å²) in [7, 11) is 0. The Bertz CT molecular complexity index is 568. The molecule has 0 saturated heterocycles. The molecule has 2 heterocycles. The molecule has 0 spiro atoms. The first-order valence-electron chi connectivity index (χ1n) is 5.39. The molecule has 8 nitrogen and oxygen atoms in total. The number of carbonyl (C=O) groups excluding carboxylic acids is 1. The van der Waals surface area contributed by atoms with E-state index in [2.05, 4.69) is 15.0 Å². The Morgan fingerprint density at radius 3 is 3.06 bits per heavy atom. The van der Waals surface area contributed by atoms with Gasteiger partial charge in [-0.05, 0) is 6.92 Å². The van der Waals surface area contributed by atoms with E-state index in [9.17, 15) is 9.90 Å². The van der Waals surface area contributed by atoms with Crippen LogP contribution >= 0.6 is 0 Å². The van der Waals surface area contributed by atoms with Crippen LogP contribution in [0.5, 0.6) is 0 Å². The van der Waals surface area contributed by atoms with Crippen LogP contribution in [0.4, 0.5) is 5.82 Å². The Morgan fingerprint density at radius 1 is 1.56 bits per heavy atom. The van der Waals surface area contributed by atoms with Crippen LogP contribution in [-0.4, -0.2) is 43.3 Å². The minimum Gasteiger partial charge on any atom is -0.464 e. The van der Waals surface area contributed by atoms with E-state index in [1.54, 1.807) is 6.92 Å². The highest BCUT2D eigenvalue weighted by atomic mass is 16.5. The van der Waals surface area contributed by atoms with Crippen molar-refractivity contribution in [3.63, 3.8) is 0 Å². The molecule has 0 aliphatic heterocycles. The van der Waals surface area contributed by atoms with Crippen molar-refractivity contribution in [3.8, 4) is 0 Å². The molecule has 2 aromatic rings. The molecule has 1 atom stereocenters. The fraction of sp³-hybridized carbons (Fsp3) is 0.400. The zero-order chi connectivity index (χ0) is 13.1. The number of nitrogens with zero attached hydrogens (tertiary/aromatic N) is 4. The number of ether oxygens (including phenoxy) is 1. The van der Waals surface area contributed by atoms with Crippen LogP contribution < -0.4 is 5.73 Å². The van der Waals surface area contributed by atoms with Crippen molar-refractivity contribution in [2.75, 3.05) is 12.3 Å². The van der Waals surface area contributed by atoms with Gasteiger partial charge in [-0.3, -0.25) is 0 Å². The highest BCUT2D eigenvalue weighted by Gasteiger charge is 2.18. The zero-order valence-corrected chi connectivity index (χ0v) is 9.78. The van der Waals surface area contributed by atoms with Crippen LogP contribution in [-0.2, 0) is 16.1 Å². The molecule has 0 bridgehead atoms. The monoisotopic (exact) mass is 251 g/mol. The summed E-state index contributed by atoms with van der Waals surface area (Å²) in [6.45, 7) is 1.90. The second kappa shape index (κ2) is 4.96. The molecule has 8 heteroatoms. The van der Waals surface area contributed by atoms with Gasteiger partial charge in [-0.15, -0.1) is 0 Å². The van der Waals surface area contributed by atoms with E-state index >= 15 is 0 Å². The third-order valence-corrected chi connectivity index (χ3v) is 2.36. The van der Waals surface area contributed by atoms with E-state index < -0.39 is 12.1 Å². The van der Waals surface area contributed by atoms with E-state index in [4.69, 9.17) is 10.5 Å². The fourth-order valence-corrected chi connectivity index (χ4v) is 1.53. The number of aliphatic hydroxyl groups is 1. The number of imidazole rings is 1.